The molecule has 0 amide bonds. The molecule has 0 aliphatic carbocycles. The number of hydrogen-bond acceptors (Lipinski definition) is 5. The first-order valence-corrected chi connectivity index (χ1v) is 10.8. The summed E-state index contributed by atoms with van der Waals surface area (Å²) in [5.41, 5.74) is 1.36. The lowest BCUT2D eigenvalue weighted by atomic mass is 9.69. The molecule has 6 heteroatoms. The molecule has 4 rings (SSSR count). The van der Waals surface area contributed by atoms with E-state index in [-0.39, 0.29) is 5.82 Å². The largest absolute Gasteiger partial charge is 0.476 e. The summed E-state index contributed by atoms with van der Waals surface area (Å²) in [5.74, 6) is 1.03. The Hall–Kier alpha value is -2.57. The zero-order valence-electron chi connectivity index (χ0n) is 18.7. The van der Waals surface area contributed by atoms with Gasteiger partial charge in [-0.15, -0.1) is 0 Å². The van der Waals surface area contributed by atoms with Crippen molar-refractivity contribution in [1.29, 1.82) is 0 Å². The first-order chi connectivity index (χ1) is 14.8. The quantitative estimate of drug-likeness (QED) is 0.578. The van der Waals surface area contributed by atoms with Crippen LogP contribution in [0, 0.1) is 0 Å². The highest BCUT2D eigenvalue weighted by Crippen LogP contribution is 2.42. The lowest BCUT2D eigenvalue weighted by molar-refractivity contribution is 0.00578. The number of rotatable bonds is 6. The summed E-state index contributed by atoms with van der Waals surface area (Å²) in [6, 6.07) is 20.1. The Morgan fingerprint density at radius 2 is 1.35 bits per heavy atom. The first kappa shape index (κ1) is 21.7. The summed E-state index contributed by atoms with van der Waals surface area (Å²) < 4.78 is 24.7. The molecule has 2 aliphatic heterocycles. The third-order valence-electron chi connectivity index (χ3n) is 6.14. The molecular weight excluding hydrogens is 389 g/mol. The first-order valence-electron chi connectivity index (χ1n) is 10.8. The van der Waals surface area contributed by atoms with Crippen molar-refractivity contribution in [3.8, 4) is 0 Å². The van der Waals surface area contributed by atoms with Crippen LogP contribution in [0.3, 0.4) is 0 Å². The second-order valence-electron chi connectivity index (χ2n) is 9.01. The molecule has 2 heterocycles. The number of nitrogens with zero attached hydrogens (tertiary/aromatic N) is 1. The molecule has 1 atom stereocenters. The number of benzene rings is 2. The second kappa shape index (κ2) is 8.89. The highest BCUT2D eigenvalue weighted by molar-refractivity contribution is 6.53. The van der Waals surface area contributed by atoms with Gasteiger partial charge in [-0.1, -0.05) is 60.7 Å². The lowest BCUT2D eigenvalue weighted by Crippen LogP contribution is -2.41. The maximum Gasteiger partial charge on any atom is 0.471 e. The normalized spacial score (nSPS) is 21.9. The average Bonchev–Trinajstić information content (AvgIpc) is 2.99. The van der Waals surface area contributed by atoms with E-state index in [2.05, 4.69) is 27.7 Å². The molecule has 162 valence electrons. The van der Waals surface area contributed by atoms with Gasteiger partial charge in [0, 0.05) is 0 Å². The van der Waals surface area contributed by atoms with E-state index >= 15 is 0 Å². The van der Waals surface area contributed by atoms with Gasteiger partial charge in [-0.05, 0) is 51.3 Å². The minimum absolute atomic E-state index is 0.131. The molecule has 0 bridgehead atoms. The fourth-order valence-electron chi connectivity index (χ4n) is 3.54. The van der Waals surface area contributed by atoms with Gasteiger partial charge in [0.1, 0.15) is 13.2 Å². The van der Waals surface area contributed by atoms with Crippen molar-refractivity contribution in [3.05, 3.63) is 83.7 Å². The molecule has 0 spiro atoms. The average molecular weight is 419 g/mol. The van der Waals surface area contributed by atoms with Crippen LogP contribution in [-0.4, -0.2) is 24.2 Å². The van der Waals surface area contributed by atoms with Gasteiger partial charge < -0.3 is 18.8 Å². The third-order valence-corrected chi connectivity index (χ3v) is 6.14. The van der Waals surface area contributed by atoms with Gasteiger partial charge >= 0.3 is 7.12 Å². The van der Waals surface area contributed by atoms with Gasteiger partial charge in [0.25, 0.3) is 0 Å². The van der Waals surface area contributed by atoms with Crippen molar-refractivity contribution in [2.24, 2.45) is 4.99 Å². The van der Waals surface area contributed by atoms with Crippen molar-refractivity contribution in [2.45, 2.75) is 64.3 Å². The molecule has 2 aromatic carbocycles. The van der Waals surface area contributed by atoms with Crippen molar-refractivity contribution in [1.82, 2.24) is 0 Å². The van der Waals surface area contributed by atoms with Gasteiger partial charge in [0.05, 0.1) is 17.0 Å². The van der Waals surface area contributed by atoms with E-state index in [0.29, 0.717) is 31.4 Å². The Balaban J connectivity index is 1.50. The second-order valence-corrected chi connectivity index (χ2v) is 9.01. The predicted molar refractivity (Wildman–Crippen MR) is 122 cm³/mol. The monoisotopic (exact) mass is 419 g/mol. The van der Waals surface area contributed by atoms with Crippen LogP contribution in [0.15, 0.2) is 77.6 Å². The number of hydrogen-bond donors (Lipinski definition) is 0. The molecule has 2 aliphatic rings. The summed E-state index contributed by atoms with van der Waals surface area (Å²) in [6.07, 6.45) is 2.67. The van der Waals surface area contributed by atoms with Crippen LogP contribution in [0.5, 0.6) is 0 Å². The molecule has 0 radical (unpaired) electrons. The maximum atomic E-state index is 6.30. The molecule has 5 nitrogen and oxygen atoms in total. The van der Waals surface area contributed by atoms with E-state index in [1.165, 1.54) is 0 Å². The highest BCUT2D eigenvalue weighted by atomic mass is 16.7. The number of allylic oxidation sites excluding steroid dienone is 1. The Bertz CT molecular complexity index is 925. The van der Waals surface area contributed by atoms with Gasteiger partial charge in [-0.25, -0.2) is 0 Å². The summed E-state index contributed by atoms with van der Waals surface area (Å²) in [5, 5.41) is 0. The van der Waals surface area contributed by atoms with Crippen LogP contribution >= 0.6 is 0 Å². The summed E-state index contributed by atoms with van der Waals surface area (Å²) in [6.45, 7) is 9.12. The molecule has 0 aromatic heterocycles. The van der Waals surface area contributed by atoms with E-state index in [9.17, 15) is 0 Å². The van der Waals surface area contributed by atoms with Gasteiger partial charge in [-0.3, -0.25) is 0 Å². The SMILES string of the molecule is CC1(C)OB(C2CC=C(OCc3ccccc3)N=C2OCc2ccccc2)OC1(C)C. The number of aliphatic imine (C=N–C) groups is 1. The molecule has 1 unspecified atom stereocenters. The zero-order valence-corrected chi connectivity index (χ0v) is 18.7. The molecule has 2 aromatic rings. The fourth-order valence-corrected chi connectivity index (χ4v) is 3.54. The van der Waals surface area contributed by atoms with Crippen molar-refractivity contribution in [3.63, 3.8) is 0 Å². The minimum atomic E-state index is -0.425. The molecule has 0 N–H and O–H groups in total. The molecule has 0 saturated carbocycles. The standard InChI is InChI=1S/C25H30BNO4/c1-24(2)25(3,4)31-26(30-24)21-15-16-22(28-17-19-11-7-5-8-12-19)27-23(21)29-18-20-13-9-6-10-14-20/h5-14,16,21H,15,17-18H2,1-4H3. The Morgan fingerprint density at radius 1 is 0.839 bits per heavy atom. The van der Waals surface area contributed by atoms with Crippen LogP contribution in [-0.2, 0) is 32.0 Å². The van der Waals surface area contributed by atoms with E-state index in [1.807, 2.05) is 66.7 Å². The van der Waals surface area contributed by atoms with E-state index in [0.717, 1.165) is 11.1 Å². The topological polar surface area (TPSA) is 49.3 Å². The van der Waals surface area contributed by atoms with Crippen LogP contribution in [0.4, 0.5) is 0 Å². The maximum absolute atomic E-state index is 6.30. The lowest BCUT2D eigenvalue weighted by Gasteiger charge is -2.32. The molecule has 1 fully saturated rings. The van der Waals surface area contributed by atoms with Gasteiger partial charge in [0.15, 0.2) is 5.90 Å². The fraction of sp³-hybridized carbons (Fsp3) is 0.400. The van der Waals surface area contributed by atoms with Crippen LogP contribution < -0.4 is 0 Å². The molecule has 31 heavy (non-hydrogen) atoms. The third kappa shape index (κ3) is 5.02. The zero-order chi connectivity index (χ0) is 21.9. The van der Waals surface area contributed by atoms with E-state index in [4.69, 9.17) is 23.8 Å². The minimum Gasteiger partial charge on any atom is -0.476 e. The van der Waals surface area contributed by atoms with Gasteiger partial charge in [0.2, 0.25) is 5.88 Å². The molecule has 1 saturated heterocycles. The van der Waals surface area contributed by atoms with E-state index < -0.39 is 18.3 Å². The summed E-state index contributed by atoms with van der Waals surface area (Å²) in [7, 11) is -0.425. The Morgan fingerprint density at radius 3 is 1.90 bits per heavy atom. The van der Waals surface area contributed by atoms with E-state index in [1.54, 1.807) is 0 Å². The van der Waals surface area contributed by atoms with Crippen molar-refractivity contribution < 1.29 is 18.8 Å². The smallest absolute Gasteiger partial charge is 0.471 e. The summed E-state index contributed by atoms with van der Waals surface area (Å²) in [4.78, 5) is 4.71. The van der Waals surface area contributed by atoms with Crippen molar-refractivity contribution in [2.75, 3.05) is 0 Å². The number of ether oxygens (including phenoxy) is 2. The van der Waals surface area contributed by atoms with Crippen LogP contribution in [0.25, 0.3) is 0 Å². The summed E-state index contributed by atoms with van der Waals surface area (Å²) >= 11 is 0. The Labute approximate surface area is 185 Å². The molecular formula is C25H30BNO4. The predicted octanol–water partition coefficient (Wildman–Crippen LogP) is 5.53. The highest BCUT2D eigenvalue weighted by Gasteiger charge is 2.55. The van der Waals surface area contributed by atoms with Gasteiger partial charge in [-0.2, -0.15) is 4.99 Å². The Kier molecular flexibility index (Phi) is 6.21. The van der Waals surface area contributed by atoms with Crippen LogP contribution in [0.1, 0.15) is 45.2 Å². The van der Waals surface area contributed by atoms with Crippen molar-refractivity contribution >= 4 is 13.0 Å². The van der Waals surface area contributed by atoms with Crippen LogP contribution in [0.2, 0.25) is 5.82 Å².